The van der Waals surface area contributed by atoms with Crippen LogP contribution in [0, 0.1) is 0 Å². The fourth-order valence-electron chi connectivity index (χ4n) is 0.788. The fourth-order valence-corrected chi connectivity index (χ4v) is 0.788. The van der Waals surface area contributed by atoms with Gasteiger partial charge in [0.05, 0.1) is 0 Å². The van der Waals surface area contributed by atoms with Crippen LogP contribution in [0.1, 0.15) is 19.3 Å². The van der Waals surface area contributed by atoms with Crippen molar-refractivity contribution in [3.8, 4) is 0 Å². The lowest BCUT2D eigenvalue weighted by Gasteiger charge is -1.90. The molecule has 0 aliphatic heterocycles. The highest BCUT2D eigenvalue weighted by Gasteiger charge is 2.03. The lowest BCUT2D eigenvalue weighted by atomic mass is 10.4. The highest BCUT2D eigenvalue weighted by Crippen LogP contribution is 2.16. The summed E-state index contributed by atoms with van der Waals surface area (Å²) >= 11 is 0. The predicted molar refractivity (Wildman–Crippen MR) is 28.7 cm³/mol. The van der Waals surface area contributed by atoms with Crippen LogP contribution in [0.2, 0.25) is 0 Å². The quantitative estimate of drug-likeness (QED) is 0.534. The Morgan fingerprint density at radius 1 is 1.75 bits per heavy atom. The zero-order valence-corrected chi connectivity index (χ0v) is 4.52. The average Bonchev–Trinajstić information content (AvgIpc) is 2.19. The van der Waals surface area contributed by atoms with Crippen molar-refractivity contribution in [1.29, 1.82) is 0 Å². The van der Waals surface area contributed by atoms with Crippen molar-refractivity contribution in [2.75, 3.05) is 0 Å². The van der Waals surface area contributed by atoms with Gasteiger partial charge in [-0.25, -0.2) is 4.79 Å². The van der Waals surface area contributed by atoms with Gasteiger partial charge in [-0.05, 0) is 18.9 Å². The van der Waals surface area contributed by atoms with Crippen LogP contribution in [0.5, 0.6) is 0 Å². The van der Waals surface area contributed by atoms with Gasteiger partial charge in [-0.2, -0.15) is 0 Å². The molecule has 0 bridgehead atoms. The zero-order chi connectivity index (χ0) is 5.82. The van der Waals surface area contributed by atoms with E-state index < -0.39 is 0 Å². The average molecular weight is 111 g/mol. The molecule has 0 N–H and O–H groups in total. The number of carbonyl (C=O) groups excluding carboxylic acids is 1. The molecular formula is C6H7O2. The maximum atomic E-state index is 9.57. The number of allylic oxidation sites excluding steroid dienone is 2. The Balaban J connectivity index is 2.33. The van der Waals surface area contributed by atoms with Crippen molar-refractivity contribution < 1.29 is 9.53 Å². The Kier molecular flexibility index (Phi) is 1.67. The molecule has 2 nitrogen and oxygen atoms in total. The van der Waals surface area contributed by atoms with Crippen LogP contribution in [0.15, 0.2) is 11.8 Å². The number of hydrogen-bond acceptors (Lipinski definition) is 2. The highest BCUT2D eigenvalue weighted by atomic mass is 16.5. The minimum Gasteiger partial charge on any atom is -0.423 e. The molecule has 0 fully saturated rings. The molecule has 0 amide bonds. The van der Waals surface area contributed by atoms with E-state index in [1.165, 1.54) is 6.47 Å². The number of ether oxygens (including phenoxy) is 1. The minimum atomic E-state index is 0.778. The molecule has 1 aliphatic rings. The number of hydrogen-bond donors (Lipinski definition) is 0. The van der Waals surface area contributed by atoms with Gasteiger partial charge in [0.15, 0.2) is 0 Å². The molecule has 1 rings (SSSR count). The van der Waals surface area contributed by atoms with Crippen molar-refractivity contribution in [2.45, 2.75) is 19.3 Å². The molecule has 0 saturated heterocycles. The first kappa shape index (κ1) is 5.35. The Bertz CT molecular complexity index is 116. The van der Waals surface area contributed by atoms with Crippen molar-refractivity contribution >= 4 is 6.47 Å². The predicted octanol–water partition coefficient (Wildman–Crippen LogP) is 1.14. The second kappa shape index (κ2) is 2.50. The second-order valence-corrected chi connectivity index (χ2v) is 1.75. The molecule has 0 unspecified atom stereocenters. The van der Waals surface area contributed by atoms with Crippen LogP contribution in [-0.2, 0) is 9.53 Å². The standard InChI is InChI=1S/C6H7O2/c7-5-8-6-3-1-2-4-6/h3H,1-2,4H2. The maximum absolute atomic E-state index is 9.57. The Morgan fingerprint density at radius 2 is 2.62 bits per heavy atom. The van der Waals surface area contributed by atoms with E-state index in [0.29, 0.717) is 0 Å². The van der Waals surface area contributed by atoms with E-state index in [4.69, 9.17) is 0 Å². The van der Waals surface area contributed by atoms with Gasteiger partial charge in [0.1, 0.15) is 5.76 Å². The summed E-state index contributed by atoms with van der Waals surface area (Å²) in [5.74, 6) is 0.778. The maximum Gasteiger partial charge on any atom is 0.422 e. The normalized spacial score (nSPS) is 17.8. The molecule has 1 radical (unpaired) electrons. The van der Waals surface area contributed by atoms with Gasteiger partial charge < -0.3 is 4.74 Å². The van der Waals surface area contributed by atoms with Crippen LogP contribution in [0.4, 0.5) is 0 Å². The van der Waals surface area contributed by atoms with E-state index in [-0.39, 0.29) is 0 Å². The van der Waals surface area contributed by atoms with E-state index in [2.05, 4.69) is 4.74 Å². The summed E-state index contributed by atoms with van der Waals surface area (Å²) < 4.78 is 4.46. The summed E-state index contributed by atoms with van der Waals surface area (Å²) in [6, 6.07) is 0. The largest absolute Gasteiger partial charge is 0.423 e. The van der Waals surface area contributed by atoms with E-state index in [9.17, 15) is 4.79 Å². The molecule has 0 heterocycles. The topological polar surface area (TPSA) is 26.3 Å². The third kappa shape index (κ3) is 1.09. The van der Waals surface area contributed by atoms with E-state index in [0.717, 1.165) is 25.0 Å². The molecule has 0 saturated carbocycles. The summed E-state index contributed by atoms with van der Waals surface area (Å²) in [6.07, 6.45) is 4.97. The highest BCUT2D eigenvalue weighted by molar-refractivity contribution is 5.41. The van der Waals surface area contributed by atoms with Crippen LogP contribution in [0.25, 0.3) is 0 Å². The molecule has 1 aliphatic carbocycles. The van der Waals surface area contributed by atoms with E-state index in [1.807, 2.05) is 6.08 Å². The van der Waals surface area contributed by atoms with Gasteiger partial charge in [0.25, 0.3) is 0 Å². The second-order valence-electron chi connectivity index (χ2n) is 1.75. The first-order valence-corrected chi connectivity index (χ1v) is 2.66. The molecule has 0 aromatic carbocycles. The lowest BCUT2D eigenvalue weighted by molar-refractivity contribution is 0.354. The van der Waals surface area contributed by atoms with Crippen LogP contribution in [0.3, 0.4) is 0 Å². The first-order valence-electron chi connectivity index (χ1n) is 2.66. The van der Waals surface area contributed by atoms with E-state index in [1.54, 1.807) is 0 Å². The summed E-state index contributed by atoms with van der Waals surface area (Å²) in [4.78, 5) is 9.57. The molecular weight excluding hydrogens is 104 g/mol. The number of rotatable bonds is 2. The molecule has 8 heavy (non-hydrogen) atoms. The van der Waals surface area contributed by atoms with Crippen LogP contribution >= 0.6 is 0 Å². The van der Waals surface area contributed by atoms with Crippen molar-refractivity contribution in [3.05, 3.63) is 11.8 Å². The third-order valence-electron chi connectivity index (χ3n) is 1.17. The van der Waals surface area contributed by atoms with Crippen molar-refractivity contribution in [1.82, 2.24) is 0 Å². The van der Waals surface area contributed by atoms with Crippen LogP contribution < -0.4 is 0 Å². The Hall–Kier alpha value is -0.790. The van der Waals surface area contributed by atoms with Crippen molar-refractivity contribution in [3.63, 3.8) is 0 Å². The Labute approximate surface area is 48.1 Å². The Morgan fingerprint density at radius 3 is 3.12 bits per heavy atom. The molecule has 43 valence electrons. The monoisotopic (exact) mass is 111 g/mol. The molecule has 2 heteroatoms. The van der Waals surface area contributed by atoms with Gasteiger partial charge in [0, 0.05) is 6.42 Å². The summed E-state index contributed by atoms with van der Waals surface area (Å²) in [7, 11) is 0. The smallest absolute Gasteiger partial charge is 0.422 e. The minimum absolute atomic E-state index is 0.778. The lowest BCUT2D eigenvalue weighted by Crippen LogP contribution is -1.82. The summed E-state index contributed by atoms with van der Waals surface area (Å²) in [5.41, 5.74) is 0. The first-order chi connectivity index (χ1) is 3.93. The van der Waals surface area contributed by atoms with Gasteiger partial charge in [-0.1, -0.05) is 0 Å². The van der Waals surface area contributed by atoms with Gasteiger partial charge in [0.2, 0.25) is 0 Å². The fraction of sp³-hybridized carbons (Fsp3) is 0.500. The summed E-state index contributed by atoms with van der Waals surface area (Å²) in [6.45, 7) is 1.39. The van der Waals surface area contributed by atoms with Crippen LogP contribution in [-0.4, -0.2) is 6.47 Å². The van der Waals surface area contributed by atoms with Gasteiger partial charge in [-0.3, -0.25) is 0 Å². The summed E-state index contributed by atoms with van der Waals surface area (Å²) in [5, 5.41) is 0. The molecule has 0 spiro atoms. The SMILES string of the molecule is O=[C]OC1=CCCC1. The molecule has 0 atom stereocenters. The zero-order valence-electron chi connectivity index (χ0n) is 4.52. The molecule has 0 aromatic rings. The third-order valence-corrected chi connectivity index (χ3v) is 1.17. The molecule has 0 aromatic heterocycles. The van der Waals surface area contributed by atoms with Crippen molar-refractivity contribution in [2.24, 2.45) is 0 Å². The van der Waals surface area contributed by atoms with Gasteiger partial charge >= 0.3 is 6.47 Å². The van der Waals surface area contributed by atoms with E-state index >= 15 is 0 Å². The van der Waals surface area contributed by atoms with Gasteiger partial charge in [-0.15, -0.1) is 0 Å².